The Balaban J connectivity index is 0.00000123. The van der Waals surface area contributed by atoms with Gasteiger partial charge in [-0.3, -0.25) is 4.99 Å². The van der Waals surface area contributed by atoms with Crippen molar-refractivity contribution in [3.8, 4) is 16.9 Å². The highest BCUT2D eigenvalue weighted by Crippen LogP contribution is 2.42. The first kappa shape index (κ1) is 36.9. The molecule has 0 bridgehead atoms. The molecule has 1 aromatic carbocycles. The monoisotopic (exact) mass is 654 g/mol. The van der Waals surface area contributed by atoms with E-state index in [1.165, 1.54) is 29.7 Å². The highest BCUT2D eigenvalue weighted by molar-refractivity contribution is 6.02. The van der Waals surface area contributed by atoms with Crippen LogP contribution in [0.5, 0.6) is 5.75 Å². The van der Waals surface area contributed by atoms with Crippen LogP contribution in [0.15, 0.2) is 71.3 Å². The van der Waals surface area contributed by atoms with Crippen molar-refractivity contribution in [1.29, 1.82) is 0 Å². The van der Waals surface area contributed by atoms with E-state index in [2.05, 4.69) is 104 Å². The number of allylic oxidation sites excluding steroid dienone is 2. The summed E-state index contributed by atoms with van der Waals surface area (Å²) in [4.78, 5) is 20.0. The van der Waals surface area contributed by atoms with Crippen molar-refractivity contribution in [3.63, 3.8) is 0 Å². The molecule has 3 aromatic rings. The molecule has 48 heavy (non-hydrogen) atoms. The summed E-state index contributed by atoms with van der Waals surface area (Å²) in [6, 6.07) is 8.38. The maximum absolute atomic E-state index is 9.73. The number of H-pyrrole nitrogens is 1. The van der Waals surface area contributed by atoms with Crippen molar-refractivity contribution in [3.05, 3.63) is 77.7 Å². The van der Waals surface area contributed by atoms with Gasteiger partial charge in [0, 0.05) is 47.5 Å². The smallest absolute Gasteiger partial charge is 0.177 e. The van der Waals surface area contributed by atoms with Gasteiger partial charge in [0.05, 0.1) is 18.1 Å². The largest absolute Gasteiger partial charge is 0.511 e. The lowest BCUT2D eigenvalue weighted by Crippen LogP contribution is -2.34. The molecule has 3 N–H and O–H groups in total. The third kappa shape index (κ3) is 9.37. The van der Waals surface area contributed by atoms with Gasteiger partial charge in [-0.25, -0.2) is 9.97 Å². The molecule has 0 amide bonds. The van der Waals surface area contributed by atoms with Crippen LogP contribution in [0, 0.1) is 18.3 Å². The minimum atomic E-state index is -0.216. The van der Waals surface area contributed by atoms with Crippen LogP contribution in [-0.4, -0.2) is 56.4 Å². The van der Waals surface area contributed by atoms with Gasteiger partial charge in [-0.2, -0.15) is 0 Å². The lowest BCUT2D eigenvalue weighted by Gasteiger charge is -2.38. The third-order valence-electron chi connectivity index (χ3n) is 9.51. The quantitative estimate of drug-likeness (QED) is 0.188. The fourth-order valence-electron chi connectivity index (χ4n) is 6.21. The number of aliphatic hydroxyl groups is 1. The zero-order chi connectivity index (χ0) is 35.0. The van der Waals surface area contributed by atoms with Gasteiger partial charge >= 0.3 is 0 Å². The van der Waals surface area contributed by atoms with Gasteiger partial charge in [0.1, 0.15) is 23.9 Å². The molecule has 1 aliphatic carbocycles. The van der Waals surface area contributed by atoms with E-state index in [9.17, 15) is 5.11 Å². The molecule has 1 saturated carbocycles. The van der Waals surface area contributed by atoms with Gasteiger partial charge in [0.2, 0.25) is 0 Å². The summed E-state index contributed by atoms with van der Waals surface area (Å²) in [6.07, 6.45) is 8.53. The van der Waals surface area contributed by atoms with Gasteiger partial charge in [0.25, 0.3) is 0 Å². The number of unbranched alkanes of at least 4 members (excludes halogenated alkanes) is 1. The van der Waals surface area contributed by atoms with Gasteiger partial charge in [-0.05, 0) is 80.2 Å². The van der Waals surface area contributed by atoms with E-state index < -0.39 is 0 Å². The molecule has 1 fully saturated rings. The first-order valence-corrected chi connectivity index (χ1v) is 17.8. The first-order chi connectivity index (χ1) is 22.8. The Morgan fingerprint density at radius 3 is 2.58 bits per heavy atom. The molecular weight excluding hydrogens is 596 g/mol. The molecule has 8 nitrogen and oxygen atoms in total. The topological polar surface area (TPSA) is 98.7 Å². The summed E-state index contributed by atoms with van der Waals surface area (Å²) >= 11 is 0. The number of ether oxygens (including phenoxy) is 1. The van der Waals surface area contributed by atoms with Crippen molar-refractivity contribution < 1.29 is 9.84 Å². The normalized spacial score (nSPS) is 19.0. The fourth-order valence-corrected chi connectivity index (χ4v) is 6.21. The molecule has 2 unspecified atom stereocenters. The maximum atomic E-state index is 9.73. The van der Waals surface area contributed by atoms with Crippen LogP contribution in [0.1, 0.15) is 98.4 Å². The third-order valence-corrected chi connectivity index (χ3v) is 9.51. The molecule has 0 radical (unpaired) electrons. The number of nitrogens with one attached hydrogen (secondary N) is 2. The molecule has 1 aliphatic heterocycles. The molecule has 8 heteroatoms. The maximum Gasteiger partial charge on any atom is 0.177 e. The number of aromatic nitrogens is 3. The zero-order valence-corrected chi connectivity index (χ0v) is 30.7. The summed E-state index contributed by atoms with van der Waals surface area (Å²) in [5.41, 5.74) is 9.80. The Morgan fingerprint density at radius 1 is 1.15 bits per heavy atom. The first-order valence-electron chi connectivity index (χ1n) is 17.8. The van der Waals surface area contributed by atoms with E-state index in [4.69, 9.17) is 9.73 Å². The molecule has 260 valence electrons. The lowest BCUT2D eigenvalue weighted by atomic mass is 9.72. The SMILES string of the molecule is C=C(CNC(C)C(=C)O)N=C1CCC(C)(C)C/C1=C(/C(C)CC)N1CCOc2ccc(-c3cnc4nc(C)[nH]c4c3)cc2C1.CCCC. The van der Waals surface area contributed by atoms with Crippen LogP contribution in [-0.2, 0) is 6.54 Å². The number of hydrogen-bond donors (Lipinski definition) is 3. The minimum absolute atomic E-state index is 0.115. The summed E-state index contributed by atoms with van der Waals surface area (Å²) in [5, 5.41) is 13.0. The predicted molar refractivity (Wildman–Crippen MR) is 200 cm³/mol. The predicted octanol–water partition coefficient (Wildman–Crippen LogP) is 9.45. The molecule has 0 spiro atoms. The molecule has 0 saturated heterocycles. The number of benzene rings is 1. The van der Waals surface area contributed by atoms with E-state index in [0.717, 1.165) is 84.0 Å². The highest BCUT2D eigenvalue weighted by Gasteiger charge is 2.33. The number of hydrogen-bond acceptors (Lipinski definition) is 7. The van der Waals surface area contributed by atoms with Crippen molar-refractivity contribution in [2.45, 2.75) is 107 Å². The second kappa shape index (κ2) is 16.5. The Bertz CT molecular complexity index is 1650. The average Bonchev–Trinajstić information content (AvgIpc) is 3.31. The number of aliphatic imine (C=N–C) groups is 1. The van der Waals surface area contributed by atoms with E-state index in [0.29, 0.717) is 19.1 Å². The van der Waals surface area contributed by atoms with Gasteiger partial charge < -0.3 is 25.0 Å². The van der Waals surface area contributed by atoms with Crippen LogP contribution in [0.3, 0.4) is 0 Å². The van der Waals surface area contributed by atoms with Crippen LogP contribution < -0.4 is 10.1 Å². The van der Waals surface area contributed by atoms with Crippen molar-refractivity contribution in [2.24, 2.45) is 16.3 Å². The summed E-state index contributed by atoms with van der Waals surface area (Å²) < 4.78 is 6.32. The highest BCUT2D eigenvalue weighted by atomic mass is 16.5. The van der Waals surface area contributed by atoms with Crippen LogP contribution in [0.4, 0.5) is 0 Å². The number of aromatic amines is 1. The van der Waals surface area contributed by atoms with E-state index in [-0.39, 0.29) is 17.2 Å². The number of aryl methyl sites for hydroxylation is 1. The number of fused-ring (bicyclic) bond motifs is 2. The molecular formula is C40H58N6O2. The van der Waals surface area contributed by atoms with Crippen LogP contribution in [0.2, 0.25) is 0 Å². The lowest BCUT2D eigenvalue weighted by molar-refractivity contribution is 0.240. The number of nitrogens with zero attached hydrogens (tertiary/aromatic N) is 4. The standard InChI is InChI=1S/C36H48N6O2.C4H10/c1-9-22(2)34(30-18-36(7,8)13-12-31(30)39-23(3)19-37-24(4)25(5)43)42-14-15-44-33-11-10-27(16-29(33)21-42)28-17-32-35(38-20-28)41-26(6)40-32;1-3-4-2/h10-11,16-17,20,22,24,37,43H,3,5,9,12-15,18-19,21H2,1-2,4,6-8H3,(H,38,40,41);3-4H2,1-2H3/b34-30+,39-31?;. The Morgan fingerprint density at radius 2 is 1.90 bits per heavy atom. The fraction of sp³-hybridized carbons (Fsp3) is 0.525. The molecule has 2 aliphatic rings. The number of aliphatic hydroxyl groups excluding tert-OH is 1. The Labute approximate surface area is 288 Å². The van der Waals surface area contributed by atoms with E-state index >= 15 is 0 Å². The number of pyridine rings is 1. The second-order valence-corrected chi connectivity index (χ2v) is 14.2. The van der Waals surface area contributed by atoms with Gasteiger partial charge in [0.15, 0.2) is 5.65 Å². The minimum Gasteiger partial charge on any atom is -0.511 e. The van der Waals surface area contributed by atoms with Crippen molar-refractivity contribution >= 4 is 16.9 Å². The summed E-state index contributed by atoms with van der Waals surface area (Å²) in [7, 11) is 0. The summed E-state index contributed by atoms with van der Waals surface area (Å²) in [6.45, 7) is 28.1. The van der Waals surface area contributed by atoms with Gasteiger partial charge in [-0.1, -0.05) is 73.6 Å². The van der Waals surface area contributed by atoms with E-state index in [1.54, 1.807) is 0 Å². The Hall–Kier alpha value is -3.91. The van der Waals surface area contributed by atoms with Crippen molar-refractivity contribution in [1.82, 2.24) is 25.2 Å². The summed E-state index contributed by atoms with van der Waals surface area (Å²) in [5.74, 6) is 2.27. The van der Waals surface area contributed by atoms with Crippen LogP contribution >= 0.6 is 0 Å². The van der Waals surface area contributed by atoms with E-state index in [1.807, 2.05) is 20.0 Å². The average molecular weight is 655 g/mol. The molecule has 2 aromatic heterocycles. The van der Waals surface area contributed by atoms with Gasteiger partial charge in [-0.15, -0.1) is 0 Å². The van der Waals surface area contributed by atoms with Crippen molar-refractivity contribution in [2.75, 3.05) is 19.7 Å². The zero-order valence-electron chi connectivity index (χ0n) is 30.7. The second-order valence-electron chi connectivity index (χ2n) is 14.2. The van der Waals surface area contributed by atoms with Crippen LogP contribution in [0.25, 0.3) is 22.3 Å². The number of imidazole rings is 1. The molecule has 3 heterocycles. The molecule has 5 rings (SSSR count). The molecule has 2 atom stereocenters. The number of rotatable bonds is 10. The Kier molecular flexibility index (Phi) is 12.7.